The maximum Gasteiger partial charge on any atom is 0.220 e. The molecule has 121 heavy (non-hydrogen) atoms. The van der Waals surface area contributed by atoms with Gasteiger partial charge in [-0.2, -0.15) is 13.7 Å². The van der Waals surface area contributed by atoms with Gasteiger partial charge in [0.2, 0.25) is 45.0 Å². The number of fused-ring (bicyclic) bond motifs is 5. The van der Waals surface area contributed by atoms with Gasteiger partial charge >= 0.3 is 0 Å². The topological polar surface area (TPSA) is 19.4 Å². The zero-order chi connectivity index (χ0) is 88.4. The number of pyridine rings is 5. The molecule has 0 aliphatic heterocycles. The summed E-state index contributed by atoms with van der Waals surface area (Å²) >= 11 is 0. The molecular weight excluding hydrogens is 1460 g/mol. The van der Waals surface area contributed by atoms with E-state index in [4.69, 9.17) is 4.11 Å². The average molecular weight is 1600 g/mol. The van der Waals surface area contributed by atoms with Gasteiger partial charge in [-0.3, -0.25) is 0 Å². The molecule has 5 nitrogen and oxygen atoms in total. The summed E-state index contributed by atoms with van der Waals surface area (Å²) in [6.07, 6.45) is 23.3. The van der Waals surface area contributed by atoms with Crippen LogP contribution in [0.25, 0.3) is 111 Å². The van der Waals surface area contributed by atoms with E-state index in [9.17, 15) is 0 Å². The van der Waals surface area contributed by atoms with E-state index in [0.29, 0.717) is 17.4 Å². The number of aromatic nitrogens is 5. The first-order valence-corrected chi connectivity index (χ1v) is 45.2. The minimum Gasteiger partial charge on any atom is -0.200 e. The monoisotopic (exact) mass is 1600 g/mol. The Hall–Kier alpha value is -10.8. The zero-order valence-electron chi connectivity index (χ0n) is 80.2. The molecule has 0 atom stereocenters. The van der Waals surface area contributed by atoms with Gasteiger partial charge in [0, 0.05) is 85.5 Å². The van der Waals surface area contributed by atoms with Crippen LogP contribution in [0.1, 0.15) is 243 Å². The second kappa shape index (κ2) is 37.3. The first kappa shape index (κ1) is 82.6. The fourth-order valence-electron chi connectivity index (χ4n) is 20.2. The maximum absolute atomic E-state index is 7.92. The highest BCUT2D eigenvalue weighted by Gasteiger charge is 2.28. The van der Waals surface area contributed by atoms with Gasteiger partial charge in [-0.05, 0) is 334 Å². The molecule has 5 heteroatoms. The van der Waals surface area contributed by atoms with Crippen molar-refractivity contribution in [2.24, 2.45) is 35.2 Å². The number of aryl methyl sites for hydroxylation is 16. The molecule has 3 aliphatic carbocycles. The van der Waals surface area contributed by atoms with Crippen LogP contribution in [0.2, 0.25) is 0 Å². The Morgan fingerprint density at radius 1 is 0.289 bits per heavy atom. The lowest BCUT2D eigenvalue weighted by Gasteiger charge is -2.23. The third-order valence-electron chi connectivity index (χ3n) is 27.9. The van der Waals surface area contributed by atoms with Crippen LogP contribution in [0.15, 0.2) is 213 Å². The predicted molar refractivity (Wildman–Crippen MR) is 516 cm³/mol. The van der Waals surface area contributed by atoms with Crippen molar-refractivity contribution in [1.29, 1.82) is 0 Å². The second-order valence-electron chi connectivity index (χ2n) is 37.0. The molecule has 15 aromatic rings. The van der Waals surface area contributed by atoms with Crippen LogP contribution in [-0.4, -0.2) is 0 Å². The van der Waals surface area contributed by atoms with Crippen molar-refractivity contribution in [2.75, 3.05) is 0 Å². The van der Waals surface area contributed by atoms with Gasteiger partial charge in [-0.1, -0.05) is 177 Å². The van der Waals surface area contributed by atoms with Crippen molar-refractivity contribution in [3.8, 4) is 56.3 Å². The highest BCUT2D eigenvalue weighted by atomic mass is 15.0. The minimum absolute atomic E-state index is 0.448. The van der Waals surface area contributed by atoms with Gasteiger partial charge in [-0.25, -0.2) is 9.13 Å². The van der Waals surface area contributed by atoms with E-state index in [1.54, 1.807) is 11.6 Å². The van der Waals surface area contributed by atoms with Crippen LogP contribution >= 0.6 is 0 Å². The van der Waals surface area contributed by atoms with Crippen LogP contribution in [0.3, 0.4) is 0 Å². The molecule has 10 aromatic carbocycles. The SMILES string of the molecule is Cc1cc(C)c(C)c(-c2c3cc(C(C)C)ccc3cc[n+]2C)c1.Cc1cc(C)c(C)c(-c2c3cc(C)ccc3cc[n+]2C)c1.Cc1cc(C)c(C)c(-c2ccc3c(C4CCCCC4)cccc3[n+]2C)c1.Cc1cc(C)c(C)c(-c2ccc3ccc(C4CCCC4)cc3[n+]2C)c1.[2H]C([2H])([2H])c1cc(C)cc(-c2ccc3ccc(C4CCCCC4)cc3[n+]2C)c1C. The van der Waals surface area contributed by atoms with E-state index < -0.39 is 6.85 Å². The molecular formula is C116H136N5+5. The van der Waals surface area contributed by atoms with E-state index in [1.807, 2.05) is 13.8 Å². The molecule has 0 spiro atoms. The Labute approximate surface area is 730 Å². The maximum atomic E-state index is 7.92. The molecule has 0 radical (unpaired) electrons. The minimum atomic E-state index is -2.10. The summed E-state index contributed by atoms with van der Waals surface area (Å²) in [6, 6.07) is 74.6. The third kappa shape index (κ3) is 18.7. The highest BCUT2D eigenvalue weighted by Crippen LogP contribution is 2.41. The largest absolute Gasteiger partial charge is 0.220 e. The van der Waals surface area contributed by atoms with Gasteiger partial charge in [-0.15, -0.1) is 0 Å². The molecule has 18 rings (SSSR count). The van der Waals surface area contributed by atoms with E-state index in [0.717, 1.165) is 34.2 Å². The Morgan fingerprint density at radius 3 is 1.08 bits per heavy atom. The molecule has 0 saturated heterocycles. The summed E-state index contributed by atoms with van der Waals surface area (Å²) in [6.45, 7) is 35.0. The van der Waals surface area contributed by atoms with Crippen molar-refractivity contribution < 1.29 is 26.9 Å². The number of nitrogens with zero attached hydrogens (tertiary/aromatic N) is 5. The zero-order valence-corrected chi connectivity index (χ0v) is 77.2. The molecule has 3 saturated carbocycles. The lowest BCUT2D eigenvalue weighted by Crippen LogP contribution is -2.32. The molecule has 0 N–H and O–H groups in total. The number of hydrogen-bond donors (Lipinski definition) is 0. The lowest BCUT2D eigenvalue weighted by atomic mass is 9.82. The quantitative estimate of drug-likeness (QED) is 0.128. The van der Waals surface area contributed by atoms with Gasteiger partial charge < -0.3 is 0 Å². The number of hydrogen-bond acceptors (Lipinski definition) is 0. The Kier molecular flexibility index (Phi) is 25.5. The van der Waals surface area contributed by atoms with Crippen LogP contribution in [-0.2, 0) is 35.2 Å². The van der Waals surface area contributed by atoms with Crippen LogP contribution < -0.4 is 22.8 Å². The summed E-state index contributed by atoms with van der Waals surface area (Å²) in [7, 11) is 10.8. The Bertz CT molecular complexity index is 6530. The fraction of sp³-hybridized carbons (Fsp3) is 0.353. The summed E-state index contributed by atoms with van der Waals surface area (Å²) in [4.78, 5) is 0. The van der Waals surface area contributed by atoms with Crippen LogP contribution in [0.4, 0.5) is 0 Å². The van der Waals surface area contributed by atoms with E-state index >= 15 is 0 Å². The van der Waals surface area contributed by atoms with E-state index in [1.165, 1.54) is 278 Å². The molecule has 620 valence electrons. The molecule has 0 amide bonds. The Balaban J connectivity index is 0.000000127. The second-order valence-corrected chi connectivity index (χ2v) is 37.0. The third-order valence-corrected chi connectivity index (χ3v) is 27.9. The van der Waals surface area contributed by atoms with E-state index in [-0.39, 0.29) is 0 Å². The summed E-state index contributed by atoms with van der Waals surface area (Å²) in [5.74, 6) is 2.70. The van der Waals surface area contributed by atoms with E-state index in [2.05, 4.69) is 368 Å². The number of benzene rings is 10. The summed E-state index contributed by atoms with van der Waals surface area (Å²) < 4.78 is 35.3. The molecule has 5 aromatic heterocycles. The summed E-state index contributed by atoms with van der Waals surface area (Å²) in [5.41, 5.74) is 42.3. The predicted octanol–water partition coefficient (Wildman–Crippen LogP) is 28.5. The molecule has 3 fully saturated rings. The molecule has 5 heterocycles. The normalized spacial score (nSPS) is 14.4. The van der Waals surface area contributed by atoms with Crippen molar-refractivity contribution >= 4 is 54.3 Å². The van der Waals surface area contributed by atoms with Gasteiger partial charge in [0.1, 0.15) is 35.2 Å². The smallest absolute Gasteiger partial charge is 0.200 e. The van der Waals surface area contributed by atoms with Crippen molar-refractivity contribution in [3.63, 3.8) is 0 Å². The lowest BCUT2D eigenvalue weighted by molar-refractivity contribution is -0.659. The first-order chi connectivity index (χ1) is 59.2. The van der Waals surface area contributed by atoms with Crippen LogP contribution in [0.5, 0.6) is 0 Å². The standard InChI is InChI=1S/2C25H30N.C24H28N.C22H26N.C20H22N/c1-17-15-18(2)19(3)23(16-17)25-14-13-22-21(20-9-6-5-7-10-20)11-8-12-24(22)26(25)4;1-17-14-18(2)19(3)23(15-17)24-13-12-21-10-11-22(16-25(21)26(24)4)20-8-6-5-7-9-20;1-16-13-17(2)18(3)22(14-16)23-12-11-20-9-10-21(15-24(20)25(23)4)19-7-5-6-8-19;1-14(2)19-8-7-18-9-10-23(6)22(21(18)13-19)20-12-15(3)11-16(4)17(20)5;1-13-6-7-17-8-9-21(5)20(19(17)11-13)18-12-14(2)10-15(3)16(18)4/h8,11-16,20H,5-7,9-10H2,1-4H3;10-16,20H,5-9H2,1-4H3;9-15,19H,5-8H2,1-4H3;7-14H,1-6H3;6-12H,1-5H3/q5*+1/i;2D3;;;. The van der Waals surface area contributed by atoms with Gasteiger partial charge in [0.05, 0.1) is 21.9 Å². The van der Waals surface area contributed by atoms with Crippen molar-refractivity contribution in [2.45, 2.75) is 238 Å². The number of rotatable bonds is 9. The molecule has 0 unspecified atom stereocenters. The first-order valence-electron chi connectivity index (χ1n) is 46.7. The Morgan fingerprint density at radius 2 is 0.645 bits per heavy atom. The van der Waals surface area contributed by atoms with Crippen molar-refractivity contribution in [1.82, 2.24) is 0 Å². The van der Waals surface area contributed by atoms with Gasteiger partial charge in [0.15, 0.2) is 12.4 Å². The van der Waals surface area contributed by atoms with Gasteiger partial charge in [0.25, 0.3) is 0 Å². The fourth-order valence-corrected chi connectivity index (χ4v) is 20.2. The van der Waals surface area contributed by atoms with Crippen LogP contribution in [0, 0.1) is 111 Å². The summed E-state index contributed by atoms with van der Waals surface area (Å²) in [5, 5.41) is 9.26. The average Bonchev–Trinajstić information content (AvgIpc) is 0.828. The molecule has 3 aliphatic rings. The molecule has 0 bridgehead atoms. The highest BCUT2D eigenvalue weighted by molar-refractivity contribution is 5.96. The van der Waals surface area contributed by atoms with Crippen molar-refractivity contribution in [3.05, 3.63) is 324 Å².